The van der Waals surface area contributed by atoms with Crippen LogP contribution in [0, 0.1) is 0 Å². The minimum atomic E-state index is 0.209. The van der Waals surface area contributed by atoms with Gasteiger partial charge in [0.05, 0.1) is 6.61 Å². The van der Waals surface area contributed by atoms with Gasteiger partial charge in [-0.15, -0.1) is 0 Å². The molecule has 0 radical (unpaired) electrons. The zero-order valence-corrected chi connectivity index (χ0v) is 9.24. The molecule has 0 bridgehead atoms. The molecule has 1 aromatic rings. The van der Waals surface area contributed by atoms with Gasteiger partial charge in [0.1, 0.15) is 0 Å². The normalized spacial score (nSPS) is 22.1. The lowest BCUT2D eigenvalue weighted by Gasteiger charge is -2.27. The molecule has 82 valence electrons. The van der Waals surface area contributed by atoms with Crippen LogP contribution in [0.2, 0.25) is 0 Å². The van der Waals surface area contributed by atoms with Crippen molar-refractivity contribution in [3.63, 3.8) is 0 Å². The van der Waals surface area contributed by atoms with Crippen molar-refractivity contribution >= 4 is 0 Å². The number of aryl methyl sites for hydroxylation is 1. The third kappa shape index (κ3) is 2.58. The van der Waals surface area contributed by atoms with Crippen molar-refractivity contribution in [3.05, 3.63) is 35.4 Å². The van der Waals surface area contributed by atoms with Crippen molar-refractivity contribution in [2.24, 2.45) is 0 Å². The van der Waals surface area contributed by atoms with Crippen molar-refractivity contribution in [1.29, 1.82) is 0 Å². The molecule has 0 saturated heterocycles. The van der Waals surface area contributed by atoms with Crippen LogP contribution in [-0.4, -0.2) is 23.8 Å². The van der Waals surface area contributed by atoms with Crippen molar-refractivity contribution < 1.29 is 5.11 Å². The van der Waals surface area contributed by atoms with Crippen LogP contribution in [0.1, 0.15) is 24.5 Å². The third-order valence-electron chi connectivity index (χ3n) is 3.14. The van der Waals surface area contributed by atoms with E-state index in [1.165, 1.54) is 17.5 Å². The predicted molar refractivity (Wildman–Crippen MR) is 61.9 cm³/mol. The molecule has 2 rings (SSSR count). The Labute approximate surface area is 91.3 Å². The standard InChI is InChI=1S/C13H19NO/c1-10(9-15)14-13-7-6-11-4-2-3-5-12(11)8-13/h2-5,10,13-15H,6-9H2,1H3. The minimum absolute atomic E-state index is 0.209. The van der Waals surface area contributed by atoms with Crippen molar-refractivity contribution in [1.82, 2.24) is 5.32 Å². The van der Waals surface area contributed by atoms with E-state index in [1.54, 1.807) is 0 Å². The van der Waals surface area contributed by atoms with Crippen LogP contribution in [0.3, 0.4) is 0 Å². The highest BCUT2D eigenvalue weighted by molar-refractivity contribution is 5.30. The predicted octanol–water partition coefficient (Wildman–Crippen LogP) is 1.51. The lowest BCUT2D eigenvalue weighted by molar-refractivity contribution is 0.236. The van der Waals surface area contributed by atoms with E-state index in [4.69, 9.17) is 5.11 Å². The van der Waals surface area contributed by atoms with Gasteiger partial charge in [0.15, 0.2) is 0 Å². The van der Waals surface area contributed by atoms with Crippen LogP contribution >= 0.6 is 0 Å². The molecule has 0 amide bonds. The molecule has 2 N–H and O–H groups in total. The highest BCUT2D eigenvalue weighted by atomic mass is 16.3. The lowest BCUT2D eigenvalue weighted by Crippen LogP contribution is -2.41. The molecule has 2 heteroatoms. The smallest absolute Gasteiger partial charge is 0.0582 e. The quantitative estimate of drug-likeness (QED) is 0.784. The summed E-state index contributed by atoms with van der Waals surface area (Å²) in [6, 6.07) is 9.40. The Kier molecular flexibility index (Phi) is 3.39. The minimum Gasteiger partial charge on any atom is -0.395 e. The van der Waals surface area contributed by atoms with E-state index in [-0.39, 0.29) is 12.6 Å². The number of nitrogens with one attached hydrogen (secondary N) is 1. The van der Waals surface area contributed by atoms with Crippen LogP contribution in [0.15, 0.2) is 24.3 Å². The average Bonchev–Trinajstić information content (AvgIpc) is 2.29. The van der Waals surface area contributed by atoms with Crippen LogP contribution in [0.4, 0.5) is 0 Å². The van der Waals surface area contributed by atoms with Gasteiger partial charge in [-0.25, -0.2) is 0 Å². The molecule has 0 saturated carbocycles. The molecule has 1 aliphatic rings. The first-order valence-electron chi connectivity index (χ1n) is 5.73. The van der Waals surface area contributed by atoms with E-state index in [0.29, 0.717) is 6.04 Å². The van der Waals surface area contributed by atoms with E-state index in [2.05, 4.69) is 29.6 Å². The zero-order chi connectivity index (χ0) is 10.7. The van der Waals surface area contributed by atoms with E-state index in [1.807, 2.05) is 6.92 Å². The van der Waals surface area contributed by atoms with Crippen molar-refractivity contribution in [2.45, 2.75) is 38.3 Å². The van der Waals surface area contributed by atoms with Gasteiger partial charge in [-0.05, 0) is 37.3 Å². The molecule has 2 nitrogen and oxygen atoms in total. The maximum Gasteiger partial charge on any atom is 0.0582 e. The SMILES string of the molecule is CC(CO)NC1CCc2ccccc2C1. The summed E-state index contributed by atoms with van der Waals surface area (Å²) in [5.74, 6) is 0. The maximum atomic E-state index is 9.00. The van der Waals surface area contributed by atoms with E-state index in [9.17, 15) is 0 Å². The first-order valence-corrected chi connectivity index (χ1v) is 5.73. The first-order chi connectivity index (χ1) is 7.29. The van der Waals surface area contributed by atoms with Gasteiger partial charge in [0, 0.05) is 12.1 Å². The molecule has 1 aromatic carbocycles. The van der Waals surface area contributed by atoms with Crippen LogP contribution in [-0.2, 0) is 12.8 Å². The molecule has 0 aromatic heterocycles. The summed E-state index contributed by atoms with van der Waals surface area (Å²) < 4.78 is 0. The zero-order valence-electron chi connectivity index (χ0n) is 9.24. The third-order valence-corrected chi connectivity index (χ3v) is 3.14. The van der Waals surface area contributed by atoms with E-state index >= 15 is 0 Å². The molecule has 0 fully saturated rings. The first kappa shape index (κ1) is 10.7. The monoisotopic (exact) mass is 205 g/mol. The Morgan fingerprint density at radius 2 is 2.13 bits per heavy atom. The molecule has 0 spiro atoms. The van der Waals surface area contributed by atoms with Crippen LogP contribution < -0.4 is 5.32 Å². The summed E-state index contributed by atoms with van der Waals surface area (Å²) in [4.78, 5) is 0. The van der Waals surface area contributed by atoms with E-state index < -0.39 is 0 Å². The second-order valence-corrected chi connectivity index (χ2v) is 4.46. The fraction of sp³-hybridized carbons (Fsp3) is 0.538. The molecular formula is C13H19NO. The molecule has 1 aliphatic carbocycles. The number of hydrogen-bond donors (Lipinski definition) is 2. The summed E-state index contributed by atoms with van der Waals surface area (Å²) in [5, 5.41) is 12.5. The summed E-state index contributed by atoms with van der Waals surface area (Å²) in [6.45, 7) is 2.25. The molecular weight excluding hydrogens is 186 g/mol. The lowest BCUT2D eigenvalue weighted by atomic mass is 9.88. The van der Waals surface area contributed by atoms with Gasteiger partial charge >= 0.3 is 0 Å². The van der Waals surface area contributed by atoms with E-state index in [0.717, 1.165) is 12.8 Å². The number of benzene rings is 1. The number of hydrogen-bond acceptors (Lipinski definition) is 2. The highest BCUT2D eigenvalue weighted by Gasteiger charge is 2.18. The summed E-state index contributed by atoms with van der Waals surface area (Å²) >= 11 is 0. The summed E-state index contributed by atoms with van der Waals surface area (Å²) in [7, 11) is 0. The second-order valence-electron chi connectivity index (χ2n) is 4.46. The van der Waals surface area contributed by atoms with Gasteiger partial charge in [-0.2, -0.15) is 0 Å². The van der Waals surface area contributed by atoms with Crippen LogP contribution in [0.25, 0.3) is 0 Å². The van der Waals surface area contributed by atoms with Gasteiger partial charge in [0.25, 0.3) is 0 Å². The van der Waals surface area contributed by atoms with Gasteiger partial charge in [0.2, 0.25) is 0 Å². The molecule has 15 heavy (non-hydrogen) atoms. The number of aliphatic hydroxyl groups is 1. The molecule has 0 heterocycles. The largest absolute Gasteiger partial charge is 0.395 e. The highest BCUT2D eigenvalue weighted by Crippen LogP contribution is 2.21. The van der Waals surface area contributed by atoms with Gasteiger partial charge in [-0.3, -0.25) is 0 Å². The maximum absolute atomic E-state index is 9.00. The van der Waals surface area contributed by atoms with Crippen LogP contribution in [0.5, 0.6) is 0 Å². The Hall–Kier alpha value is -0.860. The molecule has 0 aliphatic heterocycles. The number of aliphatic hydroxyl groups excluding tert-OH is 1. The summed E-state index contributed by atoms with van der Waals surface area (Å²) in [5.41, 5.74) is 2.96. The Balaban J connectivity index is 1.99. The Bertz CT molecular complexity index is 324. The van der Waals surface area contributed by atoms with Crippen molar-refractivity contribution in [2.75, 3.05) is 6.61 Å². The average molecular weight is 205 g/mol. The topological polar surface area (TPSA) is 32.3 Å². The number of rotatable bonds is 3. The molecule has 2 atom stereocenters. The van der Waals surface area contributed by atoms with Crippen molar-refractivity contribution in [3.8, 4) is 0 Å². The molecule has 2 unspecified atom stereocenters. The van der Waals surface area contributed by atoms with Gasteiger partial charge in [-0.1, -0.05) is 24.3 Å². The second kappa shape index (κ2) is 4.77. The fourth-order valence-electron chi connectivity index (χ4n) is 2.30. The summed E-state index contributed by atoms with van der Waals surface area (Å²) in [6.07, 6.45) is 3.44. The number of fused-ring (bicyclic) bond motifs is 1. The fourth-order valence-corrected chi connectivity index (χ4v) is 2.30. The Morgan fingerprint density at radius 3 is 2.87 bits per heavy atom. The van der Waals surface area contributed by atoms with Gasteiger partial charge < -0.3 is 10.4 Å². The Morgan fingerprint density at radius 1 is 1.40 bits per heavy atom.